The molecular formula is C29H35N3O3S. The minimum Gasteiger partial charge on any atom is -0.366 e. The molecule has 2 aromatic rings. The van der Waals surface area contributed by atoms with Crippen molar-refractivity contribution in [1.29, 1.82) is 0 Å². The van der Waals surface area contributed by atoms with Crippen molar-refractivity contribution >= 4 is 46.3 Å². The van der Waals surface area contributed by atoms with Crippen LogP contribution in [0.3, 0.4) is 0 Å². The van der Waals surface area contributed by atoms with E-state index in [0.717, 1.165) is 52.7 Å². The van der Waals surface area contributed by atoms with Gasteiger partial charge in [-0.2, -0.15) is 0 Å². The molecule has 0 radical (unpaired) electrons. The number of carbonyl (C=O) groups is 3. The van der Waals surface area contributed by atoms with E-state index in [9.17, 15) is 14.4 Å². The molecule has 2 heterocycles. The highest BCUT2D eigenvalue weighted by molar-refractivity contribution is 8.18. The molecule has 0 bridgehead atoms. The summed E-state index contributed by atoms with van der Waals surface area (Å²) in [6.45, 7) is 13.7. The topological polar surface area (TPSA) is 69.7 Å². The number of anilines is 2. The minimum absolute atomic E-state index is 0.0877. The second-order valence-electron chi connectivity index (χ2n) is 10.5. The molecule has 0 aromatic heterocycles. The Labute approximate surface area is 218 Å². The zero-order valence-corrected chi connectivity index (χ0v) is 22.8. The molecule has 1 atom stereocenters. The largest absolute Gasteiger partial charge is 0.366 e. The summed E-state index contributed by atoms with van der Waals surface area (Å²) < 4.78 is 0. The van der Waals surface area contributed by atoms with E-state index in [1.807, 2.05) is 38.1 Å². The number of aryl methyl sites for hydroxylation is 2. The summed E-state index contributed by atoms with van der Waals surface area (Å²) in [5, 5.41) is 2.36. The molecule has 1 N–H and O–H groups in total. The van der Waals surface area contributed by atoms with Gasteiger partial charge in [0.25, 0.3) is 11.1 Å². The SMILES string of the molecule is CCCN1c2ccc(/C=C3/SC(=O)N(CC(=O)Nc4ccc(C)c(C)c4)C3=O)cc2C(C)CC1(C)C. The Kier molecular flexibility index (Phi) is 7.32. The normalized spacial score (nSPS) is 20.2. The Bertz CT molecular complexity index is 1250. The summed E-state index contributed by atoms with van der Waals surface area (Å²) in [7, 11) is 0. The van der Waals surface area contributed by atoms with Crippen LogP contribution in [0, 0.1) is 13.8 Å². The predicted molar refractivity (Wildman–Crippen MR) is 148 cm³/mol. The lowest BCUT2D eigenvalue weighted by molar-refractivity contribution is -0.127. The number of benzene rings is 2. The van der Waals surface area contributed by atoms with Gasteiger partial charge in [0.1, 0.15) is 6.54 Å². The van der Waals surface area contributed by atoms with Crippen LogP contribution in [0.1, 0.15) is 68.7 Å². The first-order valence-electron chi connectivity index (χ1n) is 12.5. The van der Waals surface area contributed by atoms with Crippen LogP contribution in [-0.2, 0) is 9.59 Å². The van der Waals surface area contributed by atoms with Crippen molar-refractivity contribution < 1.29 is 14.4 Å². The maximum Gasteiger partial charge on any atom is 0.294 e. The molecule has 1 unspecified atom stereocenters. The first-order valence-corrected chi connectivity index (χ1v) is 13.4. The van der Waals surface area contributed by atoms with E-state index in [4.69, 9.17) is 0 Å². The van der Waals surface area contributed by atoms with E-state index >= 15 is 0 Å². The number of hydrogen-bond acceptors (Lipinski definition) is 5. The number of thioether (sulfide) groups is 1. The number of amides is 3. The number of fused-ring (bicyclic) bond motifs is 1. The molecule has 36 heavy (non-hydrogen) atoms. The van der Waals surface area contributed by atoms with Gasteiger partial charge in [-0.25, -0.2) is 0 Å². The van der Waals surface area contributed by atoms with E-state index in [2.05, 4.69) is 50.0 Å². The fraction of sp³-hybridized carbons (Fsp3) is 0.414. The number of nitrogens with one attached hydrogen (secondary N) is 1. The Morgan fingerprint density at radius 3 is 2.58 bits per heavy atom. The lowest BCUT2D eigenvalue weighted by atomic mass is 9.79. The van der Waals surface area contributed by atoms with Crippen LogP contribution < -0.4 is 10.2 Å². The highest BCUT2D eigenvalue weighted by Crippen LogP contribution is 2.44. The van der Waals surface area contributed by atoms with Gasteiger partial charge in [-0.1, -0.05) is 26.0 Å². The average molecular weight is 506 g/mol. The summed E-state index contributed by atoms with van der Waals surface area (Å²) in [5.74, 6) is -0.441. The fourth-order valence-electron chi connectivity index (χ4n) is 5.20. The standard InChI is InChI=1S/C29H35N3O3S/c1-7-12-32-24-11-9-21(14-23(24)20(4)16-29(32,5)6)15-25-27(34)31(28(35)36-25)17-26(33)30-22-10-8-18(2)19(3)13-22/h8-11,13-15,20H,7,12,16-17H2,1-6H3,(H,30,33)/b25-15+. The maximum atomic E-state index is 13.0. The Morgan fingerprint density at radius 2 is 1.89 bits per heavy atom. The third-order valence-corrected chi connectivity index (χ3v) is 8.03. The summed E-state index contributed by atoms with van der Waals surface area (Å²) in [5.41, 5.74) is 6.32. The van der Waals surface area contributed by atoms with Crippen LogP contribution in [-0.4, -0.2) is 40.6 Å². The zero-order valence-electron chi connectivity index (χ0n) is 22.0. The molecule has 190 valence electrons. The minimum atomic E-state index is -0.431. The molecule has 1 fully saturated rings. The Hall–Kier alpha value is -3.06. The van der Waals surface area contributed by atoms with Gasteiger partial charge < -0.3 is 10.2 Å². The van der Waals surface area contributed by atoms with Crippen LogP contribution >= 0.6 is 11.8 Å². The van der Waals surface area contributed by atoms with Gasteiger partial charge in [-0.05, 0) is 111 Å². The van der Waals surface area contributed by atoms with Crippen LogP contribution in [0.2, 0.25) is 0 Å². The molecule has 4 rings (SSSR count). The highest BCUT2D eigenvalue weighted by atomic mass is 32.2. The van der Waals surface area contributed by atoms with Crippen molar-refractivity contribution in [3.8, 4) is 0 Å². The number of nitrogens with zero attached hydrogens (tertiary/aromatic N) is 2. The fourth-order valence-corrected chi connectivity index (χ4v) is 6.03. The van der Waals surface area contributed by atoms with Gasteiger partial charge in [0.2, 0.25) is 5.91 Å². The van der Waals surface area contributed by atoms with Crippen molar-refractivity contribution in [2.24, 2.45) is 0 Å². The summed E-state index contributed by atoms with van der Waals surface area (Å²) in [6, 6.07) is 11.9. The highest BCUT2D eigenvalue weighted by Gasteiger charge is 2.38. The van der Waals surface area contributed by atoms with Crippen LogP contribution in [0.25, 0.3) is 6.08 Å². The van der Waals surface area contributed by atoms with Gasteiger partial charge in [0.05, 0.1) is 4.91 Å². The van der Waals surface area contributed by atoms with E-state index in [-0.39, 0.29) is 12.1 Å². The number of carbonyl (C=O) groups excluding carboxylic acids is 3. The van der Waals surface area contributed by atoms with E-state index in [1.165, 1.54) is 11.3 Å². The molecule has 2 aliphatic heterocycles. The molecule has 0 aliphatic carbocycles. The molecule has 2 aliphatic rings. The second kappa shape index (κ2) is 10.1. The molecule has 0 spiro atoms. The van der Waals surface area contributed by atoms with Crippen molar-refractivity contribution in [1.82, 2.24) is 4.90 Å². The average Bonchev–Trinajstić information content (AvgIpc) is 3.06. The quantitative estimate of drug-likeness (QED) is 0.455. The van der Waals surface area contributed by atoms with Crippen molar-refractivity contribution in [3.05, 3.63) is 63.6 Å². The van der Waals surface area contributed by atoms with Gasteiger partial charge in [0, 0.05) is 23.5 Å². The molecular weight excluding hydrogens is 470 g/mol. The molecule has 6 nitrogen and oxygen atoms in total. The number of rotatable bonds is 6. The van der Waals surface area contributed by atoms with Gasteiger partial charge in [0.15, 0.2) is 0 Å². The van der Waals surface area contributed by atoms with E-state index in [0.29, 0.717) is 16.5 Å². The first kappa shape index (κ1) is 26.0. The second-order valence-corrected chi connectivity index (χ2v) is 11.5. The maximum absolute atomic E-state index is 13.0. The smallest absolute Gasteiger partial charge is 0.294 e. The van der Waals surface area contributed by atoms with Crippen LogP contribution in [0.15, 0.2) is 41.3 Å². The third-order valence-electron chi connectivity index (χ3n) is 7.12. The first-order chi connectivity index (χ1) is 17.0. The van der Waals surface area contributed by atoms with E-state index < -0.39 is 17.1 Å². The van der Waals surface area contributed by atoms with Crippen LogP contribution in [0.5, 0.6) is 0 Å². The summed E-state index contributed by atoms with van der Waals surface area (Å²) >= 11 is 0.884. The van der Waals surface area contributed by atoms with Crippen LogP contribution in [0.4, 0.5) is 16.2 Å². The van der Waals surface area contributed by atoms with Gasteiger partial charge in [-0.15, -0.1) is 0 Å². The molecule has 0 saturated carbocycles. The van der Waals surface area contributed by atoms with E-state index in [1.54, 1.807) is 6.08 Å². The van der Waals surface area contributed by atoms with Crippen molar-refractivity contribution in [2.75, 3.05) is 23.3 Å². The molecule has 7 heteroatoms. The summed E-state index contributed by atoms with van der Waals surface area (Å²) in [4.78, 5) is 42.0. The third kappa shape index (κ3) is 5.21. The van der Waals surface area contributed by atoms with Crippen molar-refractivity contribution in [3.63, 3.8) is 0 Å². The zero-order chi connectivity index (χ0) is 26.2. The number of imide groups is 1. The lowest BCUT2D eigenvalue weighted by Gasteiger charge is -2.47. The van der Waals surface area contributed by atoms with Crippen molar-refractivity contribution in [2.45, 2.75) is 65.8 Å². The lowest BCUT2D eigenvalue weighted by Crippen LogP contribution is -2.48. The Morgan fingerprint density at radius 1 is 1.14 bits per heavy atom. The monoisotopic (exact) mass is 505 g/mol. The van der Waals surface area contributed by atoms with Gasteiger partial charge >= 0.3 is 0 Å². The molecule has 3 amide bonds. The molecule has 2 aromatic carbocycles. The Balaban J connectivity index is 1.51. The summed E-state index contributed by atoms with van der Waals surface area (Å²) in [6.07, 6.45) is 3.89. The predicted octanol–water partition coefficient (Wildman–Crippen LogP) is 6.48. The van der Waals surface area contributed by atoms with Gasteiger partial charge in [-0.3, -0.25) is 19.3 Å². The number of hydrogen-bond donors (Lipinski definition) is 1. The molecule has 1 saturated heterocycles.